The third-order valence-corrected chi connectivity index (χ3v) is 10.8. The van der Waals surface area contributed by atoms with Gasteiger partial charge in [0.15, 0.2) is 0 Å². The second-order valence-electron chi connectivity index (χ2n) is 15.8. The van der Waals surface area contributed by atoms with Crippen molar-refractivity contribution in [1.29, 1.82) is 0 Å². The molecule has 0 spiro atoms. The SMILES string of the molecule is CCN(CC)C(=O)C=CC=C(C)[C@@H]1CC=CC=CC[C@H](C)[C@@H](O)[C@@H](CCC(C)=O)C(=O)N[C@@H](C(C)C)C(=O)N[C@@H](Cc2cccc(O)c2)C(=O)N2CCCC(N2)C(=O)O1. The number of likely N-dealkylation sites (N-methyl/N-ethyl adjacent to an activating group) is 1. The number of hydrazine groups is 1. The number of nitrogens with zero attached hydrogens (tertiary/aromatic N) is 2. The zero-order chi connectivity index (χ0) is 43.6. The molecule has 1 fully saturated rings. The predicted molar refractivity (Wildman–Crippen MR) is 225 cm³/mol. The molecule has 2 heterocycles. The van der Waals surface area contributed by atoms with E-state index in [9.17, 15) is 39.0 Å². The second-order valence-corrected chi connectivity index (χ2v) is 15.8. The van der Waals surface area contributed by atoms with E-state index < -0.39 is 71.8 Å². The average molecular weight is 820 g/mol. The van der Waals surface area contributed by atoms with Gasteiger partial charge in [0.1, 0.15) is 35.8 Å². The van der Waals surface area contributed by atoms with Gasteiger partial charge in [-0.3, -0.25) is 29.0 Å². The molecule has 4 amide bonds. The van der Waals surface area contributed by atoms with E-state index in [1.807, 2.05) is 32.9 Å². The van der Waals surface area contributed by atoms with Crippen LogP contribution in [0.5, 0.6) is 5.75 Å². The molecule has 1 aromatic carbocycles. The van der Waals surface area contributed by atoms with Gasteiger partial charge in [0.2, 0.25) is 17.7 Å². The minimum absolute atomic E-state index is 0.0152. The maximum Gasteiger partial charge on any atom is 0.325 e. The molecule has 5 N–H and O–H groups in total. The second kappa shape index (κ2) is 24.1. The van der Waals surface area contributed by atoms with Gasteiger partial charge in [-0.1, -0.05) is 69.4 Å². The lowest BCUT2D eigenvalue weighted by atomic mass is 9.85. The maximum absolute atomic E-state index is 14.3. The number of rotatable bonds is 11. The molecular formula is C45H65N5O9. The Morgan fingerprint density at radius 1 is 1.02 bits per heavy atom. The summed E-state index contributed by atoms with van der Waals surface area (Å²) in [6.07, 6.45) is 12.0. The van der Waals surface area contributed by atoms with Gasteiger partial charge in [0.25, 0.3) is 5.91 Å². The first kappa shape index (κ1) is 48.3. The molecule has 3 rings (SSSR count). The Balaban J connectivity index is 2.04. The highest BCUT2D eigenvalue weighted by molar-refractivity contribution is 5.93. The van der Waals surface area contributed by atoms with E-state index in [4.69, 9.17) is 4.74 Å². The van der Waals surface area contributed by atoms with Crippen LogP contribution in [-0.4, -0.2) is 105 Å². The number of hydrogen-bond donors (Lipinski definition) is 5. The largest absolute Gasteiger partial charge is 0.508 e. The number of cyclic esters (lactones) is 1. The van der Waals surface area contributed by atoms with Crippen LogP contribution in [0.25, 0.3) is 0 Å². The number of aliphatic hydroxyl groups is 1. The highest BCUT2D eigenvalue weighted by Gasteiger charge is 2.38. The topological polar surface area (TPSA) is 195 Å². The Labute approximate surface area is 349 Å². The minimum atomic E-state index is -1.18. The molecule has 1 saturated heterocycles. The molecule has 7 atom stereocenters. The van der Waals surface area contributed by atoms with Crippen LogP contribution in [0.2, 0.25) is 0 Å². The van der Waals surface area contributed by atoms with Gasteiger partial charge in [0.05, 0.1) is 12.0 Å². The Bertz CT molecular complexity index is 1730. The van der Waals surface area contributed by atoms with Crippen LogP contribution < -0.4 is 16.1 Å². The molecule has 14 heteroatoms. The zero-order valence-corrected chi connectivity index (χ0v) is 35.7. The van der Waals surface area contributed by atoms with Crippen molar-refractivity contribution in [1.82, 2.24) is 26.0 Å². The van der Waals surface area contributed by atoms with E-state index >= 15 is 0 Å². The fourth-order valence-electron chi connectivity index (χ4n) is 7.06. The highest BCUT2D eigenvalue weighted by Crippen LogP contribution is 2.24. The van der Waals surface area contributed by atoms with Crippen LogP contribution >= 0.6 is 0 Å². The van der Waals surface area contributed by atoms with Crippen LogP contribution in [0.15, 0.2) is 72.4 Å². The number of allylic oxidation sites excluding steroid dienone is 5. The van der Waals surface area contributed by atoms with Gasteiger partial charge < -0.3 is 35.3 Å². The van der Waals surface area contributed by atoms with E-state index in [1.54, 1.807) is 62.1 Å². The fraction of sp³-hybridized carbons (Fsp3) is 0.556. The Kier molecular flexibility index (Phi) is 19.7. The van der Waals surface area contributed by atoms with E-state index in [2.05, 4.69) is 16.1 Å². The first-order valence-corrected chi connectivity index (χ1v) is 20.9. The summed E-state index contributed by atoms with van der Waals surface area (Å²) in [4.78, 5) is 82.4. The summed E-state index contributed by atoms with van der Waals surface area (Å²) in [5.41, 5.74) is 4.27. The number of aromatic hydroxyl groups is 1. The van der Waals surface area contributed by atoms with Crippen molar-refractivity contribution in [3.63, 3.8) is 0 Å². The van der Waals surface area contributed by atoms with E-state index in [1.165, 1.54) is 30.1 Å². The van der Waals surface area contributed by atoms with Crippen molar-refractivity contribution in [3.05, 3.63) is 77.9 Å². The van der Waals surface area contributed by atoms with Crippen molar-refractivity contribution >= 4 is 35.4 Å². The van der Waals surface area contributed by atoms with Crippen LogP contribution in [-0.2, 0) is 39.9 Å². The van der Waals surface area contributed by atoms with Gasteiger partial charge in [-0.05, 0) is 88.5 Å². The summed E-state index contributed by atoms with van der Waals surface area (Å²) in [7, 11) is 0. The number of ketones is 1. The lowest BCUT2D eigenvalue weighted by Crippen LogP contribution is -2.62. The molecule has 1 aromatic rings. The highest BCUT2D eigenvalue weighted by atomic mass is 16.5. The average Bonchev–Trinajstić information content (AvgIpc) is 3.19. The Hall–Kier alpha value is -5.08. The number of phenols is 1. The van der Waals surface area contributed by atoms with Gasteiger partial charge in [-0.15, -0.1) is 0 Å². The molecule has 59 heavy (non-hydrogen) atoms. The summed E-state index contributed by atoms with van der Waals surface area (Å²) in [6.45, 7) is 13.7. The smallest absolute Gasteiger partial charge is 0.325 e. The predicted octanol–water partition coefficient (Wildman–Crippen LogP) is 4.23. The standard InChI is InChI=1S/C45H65N5O9/c1-8-49(9-2)39(53)23-14-18-30(5)38-22-13-11-10-12-17-31(6)41(54)35(25-24-32(7)51)42(55)47-40(29(3)4)43(56)46-37(28-33-19-15-20-34(52)27-33)44(57)50-26-16-21-36(48-50)45(58)59-38/h10-15,18-20,23,27,29,31,35-38,40-41,48,52,54H,8-9,16-17,21-22,24-26,28H2,1-7H3,(H,46,56)(H,47,55)/t31-,35+,36?,37-,38-,40-,41+/m0/s1. The molecule has 0 radical (unpaired) electrons. The number of Topliss-reactive ketones (excluding diaryl/α,β-unsaturated/α-hetero) is 1. The van der Waals surface area contributed by atoms with Crippen LogP contribution in [0.1, 0.15) is 92.6 Å². The number of nitrogens with one attached hydrogen (secondary N) is 3. The summed E-state index contributed by atoms with van der Waals surface area (Å²) in [5, 5.41) is 28.6. The number of amides is 4. The van der Waals surface area contributed by atoms with Crippen molar-refractivity contribution in [2.75, 3.05) is 19.6 Å². The molecular weight excluding hydrogens is 755 g/mol. The molecule has 2 bridgehead atoms. The first-order chi connectivity index (χ1) is 28.1. The normalized spacial score (nSPS) is 25.8. The van der Waals surface area contributed by atoms with Crippen LogP contribution in [0, 0.1) is 17.8 Å². The van der Waals surface area contributed by atoms with Gasteiger partial charge in [0, 0.05) is 45.0 Å². The van der Waals surface area contributed by atoms with Crippen molar-refractivity contribution < 1.29 is 43.7 Å². The Morgan fingerprint density at radius 2 is 1.71 bits per heavy atom. The molecule has 0 aliphatic carbocycles. The molecule has 324 valence electrons. The number of fused-ring (bicyclic) bond motifs is 2. The molecule has 0 saturated carbocycles. The van der Waals surface area contributed by atoms with E-state index in [0.717, 1.165) is 0 Å². The quantitative estimate of drug-likeness (QED) is 0.123. The third kappa shape index (κ3) is 15.2. The summed E-state index contributed by atoms with van der Waals surface area (Å²) in [5.74, 6) is -4.46. The van der Waals surface area contributed by atoms with Crippen LogP contribution in [0.4, 0.5) is 0 Å². The zero-order valence-electron chi connectivity index (χ0n) is 35.7. The van der Waals surface area contributed by atoms with Crippen molar-refractivity contribution in [2.24, 2.45) is 17.8 Å². The van der Waals surface area contributed by atoms with Crippen molar-refractivity contribution in [3.8, 4) is 5.75 Å². The molecule has 14 nitrogen and oxygen atoms in total. The molecule has 0 aromatic heterocycles. The molecule has 2 aliphatic heterocycles. The Morgan fingerprint density at radius 3 is 2.36 bits per heavy atom. The monoisotopic (exact) mass is 819 g/mol. The van der Waals surface area contributed by atoms with E-state index in [-0.39, 0.29) is 43.2 Å². The van der Waals surface area contributed by atoms with Crippen molar-refractivity contribution in [2.45, 2.75) is 124 Å². The maximum atomic E-state index is 14.3. The third-order valence-electron chi connectivity index (χ3n) is 10.8. The summed E-state index contributed by atoms with van der Waals surface area (Å²) < 4.78 is 6.07. The van der Waals surface area contributed by atoms with Gasteiger partial charge in [-0.2, -0.15) is 0 Å². The summed E-state index contributed by atoms with van der Waals surface area (Å²) >= 11 is 0. The van der Waals surface area contributed by atoms with E-state index in [0.29, 0.717) is 49.9 Å². The van der Waals surface area contributed by atoms with Gasteiger partial charge >= 0.3 is 5.97 Å². The van der Waals surface area contributed by atoms with Crippen LogP contribution in [0.3, 0.4) is 0 Å². The molecule has 2 aliphatic rings. The number of hydrogen-bond acceptors (Lipinski definition) is 10. The summed E-state index contributed by atoms with van der Waals surface area (Å²) in [6, 6.07) is 3.14. The lowest BCUT2D eigenvalue weighted by Gasteiger charge is -2.36. The minimum Gasteiger partial charge on any atom is -0.508 e. The fourth-order valence-corrected chi connectivity index (χ4v) is 7.06. The number of benzene rings is 1. The number of ether oxygens (including phenoxy) is 1. The number of esters is 1. The number of aliphatic hydroxyl groups excluding tert-OH is 1. The number of carbonyl (C=O) groups excluding carboxylic acids is 6. The van der Waals surface area contributed by atoms with Gasteiger partial charge in [-0.25, -0.2) is 5.43 Å². The number of carbonyl (C=O) groups is 6. The molecule has 1 unspecified atom stereocenters. The lowest BCUT2D eigenvalue weighted by molar-refractivity contribution is -0.156. The first-order valence-electron chi connectivity index (χ1n) is 20.9. The number of phenolic OH excluding ortho intramolecular Hbond substituents is 1.